The second-order valence-electron chi connectivity index (χ2n) is 9.10. The molecule has 1 N–H and O–H groups in total. The summed E-state index contributed by atoms with van der Waals surface area (Å²) in [6.07, 6.45) is -0.304. The van der Waals surface area contributed by atoms with Gasteiger partial charge in [-0.1, -0.05) is 6.92 Å². The maximum absolute atomic E-state index is 13.3. The van der Waals surface area contributed by atoms with Crippen LogP contribution in [-0.4, -0.2) is 107 Å². The van der Waals surface area contributed by atoms with Gasteiger partial charge in [-0.25, -0.2) is 8.42 Å². The lowest BCUT2D eigenvalue weighted by molar-refractivity contribution is -0.136. The smallest absolute Gasteiger partial charge is 0.257 e. The molecule has 0 unspecified atom stereocenters. The van der Waals surface area contributed by atoms with Crippen LogP contribution in [0.4, 0.5) is 5.69 Å². The van der Waals surface area contributed by atoms with Gasteiger partial charge in [-0.15, -0.1) is 0 Å². The molecule has 0 fully saturated rings. The van der Waals surface area contributed by atoms with Gasteiger partial charge in [0.05, 0.1) is 30.0 Å². The van der Waals surface area contributed by atoms with Gasteiger partial charge in [0, 0.05) is 38.9 Å². The third-order valence-electron chi connectivity index (χ3n) is 5.87. The number of sulfonamides is 1. The first-order chi connectivity index (χ1) is 15.9. The van der Waals surface area contributed by atoms with Crippen LogP contribution >= 0.6 is 0 Å². The molecule has 1 aromatic carbocycles. The van der Waals surface area contributed by atoms with E-state index in [4.69, 9.17) is 9.47 Å². The number of nitrogens with zero attached hydrogens (tertiary/aromatic N) is 3. The minimum absolute atomic E-state index is 0.0196. The zero-order valence-electron chi connectivity index (χ0n) is 21.2. The molecule has 0 bridgehead atoms. The topological polar surface area (TPSA) is 108 Å². The van der Waals surface area contributed by atoms with Gasteiger partial charge >= 0.3 is 0 Å². The van der Waals surface area contributed by atoms with Gasteiger partial charge in [0.15, 0.2) is 0 Å². The van der Waals surface area contributed by atoms with Gasteiger partial charge in [-0.2, -0.15) is 0 Å². The summed E-state index contributed by atoms with van der Waals surface area (Å²) in [6.45, 7) is 6.64. The molecule has 192 valence electrons. The van der Waals surface area contributed by atoms with Crippen LogP contribution in [0.5, 0.6) is 5.75 Å². The van der Waals surface area contributed by atoms with Gasteiger partial charge in [0.1, 0.15) is 12.4 Å². The highest BCUT2D eigenvalue weighted by Crippen LogP contribution is 2.27. The van der Waals surface area contributed by atoms with E-state index in [2.05, 4.69) is 4.72 Å². The lowest BCUT2D eigenvalue weighted by Gasteiger charge is -2.36. The molecular formula is C23H38N4O6S. The number of fused-ring (bicyclic) bond motifs is 1. The predicted octanol–water partition coefficient (Wildman–Crippen LogP) is 1.34. The van der Waals surface area contributed by atoms with Crippen molar-refractivity contribution in [3.8, 4) is 5.75 Å². The van der Waals surface area contributed by atoms with Gasteiger partial charge in [-0.3, -0.25) is 14.3 Å². The van der Waals surface area contributed by atoms with Crippen molar-refractivity contribution < 1.29 is 27.5 Å². The fourth-order valence-corrected chi connectivity index (χ4v) is 4.43. The average Bonchev–Trinajstić information content (AvgIpc) is 2.77. The van der Waals surface area contributed by atoms with Gasteiger partial charge in [-0.05, 0) is 46.1 Å². The van der Waals surface area contributed by atoms with Crippen molar-refractivity contribution in [1.29, 1.82) is 0 Å². The van der Waals surface area contributed by atoms with Crippen molar-refractivity contribution >= 4 is 27.5 Å². The Hall–Kier alpha value is -2.37. The van der Waals surface area contributed by atoms with E-state index in [0.29, 0.717) is 18.8 Å². The van der Waals surface area contributed by atoms with Crippen LogP contribution < -0.4 is 9.46 Å². The molecule has 2 rings (SSSR count). The van der Waals surface area contributed by atoms with Crippen LogP contribution in [0.3, 0.4) is 0 Å². The molecule has 1 aliphatic heterocycles. The minimum Gasteiger partial charge on any atom is -0.491 e. The van der Waals surface area contributed by atoms with Crippen molar-refractivity contribution in [2.75, 3.05) is 65.0 Å². The van der Waals surface area contributed by atoms with E-state index < -0.39 is 10.0 Å². The van der Waals surface area contributed by atoms with Crippen LogP contribution in [-0.2, 0) is 19.6 Å². The van der Waals surface area contributed by atoms with E-state index in [9.17, 15) is 18.0 Å². The predicted molar refractivity (Wildman–Crippen MR) is 132 cm³/mol. The molecule has 0 saturated heterocycles. The van der Waals surface area contributed by atoms with Gasteiger partial charge < -0.3 is 24.2 Å². The van der Waals surface area contributed by atoms with E-state index in [1.165, 1.54) is 17.9 Å². The number of anilines is 1. The first kappa shape index (κ1) is 27.9. The fraction of sp³-hybridized carbons (Fsp3) is 0.652. The first-order valence-corrected chi connectivity index (χ1v) is 13.0. The van der Waals surface area contributed by atoms with E-state index in [0.717, 1.165) is 0 Å². The van der Waals surface area contributed by atoms with Gasteiger partial charge in [0.25, 0.3) is 5.91 Å². The summed E-state index contributed by atoms with van der Waals surface area (Å²) in [7, 11) is 3.44. The Labute approximate surface area is 203 Å². The molecule has 3 atom stereocenters. The zero-order valence-corrected chi connectivity index (χ0v) is 22.0. The summed E-state index contributed by atoms with van der Waals surface area (Å²) in [5.74, 6) is -0.138. The number of carbonyl (C=O) groups excluding carboxylic acids is 2. The number of ether oxygens (including phenoxy) is 2. The van der Waals surface area contributed by atoms with Crippen LogP contribution in [0, 0.1) is 5.92 Å². The molecule has 0 saturated carbocycles. The Kier molecular flexibility index (Phi) is 9.72. The summed E-state index contributed by atoms with van der Waals surface area (Å²) in [5.41, 5.74) is 0.519. The molecular weight excluding hydrogens is 460 g/mol. The molecule has 0 aliphatic carbocycles. The lowest BCUT2D eigenvalue weighted by atomic mass is 10.0. The Bertz CT molecular complexity index is 968. The van der Waals surface area contributed by atoms with Crippen LogP contribution in [0.15, 0.2) is 18.2 Å². The lowest BCUT2D eigenvalue weighted by Crippen LogP contribution is -2.50. The van der Waals surface area contributed by atoms with E-state index in [1.54, 1.807) is 31.2 Å². The number of benzene rings is 1. The number of likely N-dealkylation sites (N-methyl/N-ethyl adjacent to an activating group) is 2. The molecule has 34 heavy (non-hydrogen) atoms. The zero-order chi connectivity index (χ0) is 25.6. The molecule has 10 nitrogen and oxygen atoms in total. The SMILES string of the molecule is CCS(=O)(=O)Nc1ccc2c(c1)C(=O)N(C)C[C@@H](OC)[C@@H](C)CN(C(=O)CN(C)C)[C@@H](C)CO2. The number of carbonyl (C=O) groups is 2. The second kappa shape index (κ2) is 11.9. The van der Waals surface area contributed by atoms with Crippen molar-refractivity contribution in [1.82, 2.24) is 14.7 Å². The molecule has 1 aliphatic rings. The standard InChI is InChI=1S/C23H38N4O6S/c1-8-34(30,31)24-18-9-10-20-19(11-18)23(29)26(6)13-21(32-7)16(2)12-27(17(3)15-33-20)22(28)14-25(4)5/h9-11,16-17,21,24H,8,12-15H2,1-7H3/t16-,17-,21+/m0/s1. The molecule has 2 amide bonds. The van der Waals surface area contributed by atoms with E-state index in [-0.39, 0.29) is 60.0 Å². The fourth-order valence-electron chi connectivity index (χ4n) is 3.80. The number of nitrogens with one attached hydrogen (secondary N) is 1. The molecule has 0 spiro atoms. The van der Waals surface area contributed by atoms with Crippen molar-refractivity contribution in [2.24, 2.45) is 5.92 Å². The van der Waals surface area contributed by atoms with Crippen LogP contribution in [0.1, 0.15) is 31.1 Å². The molecule has 0 aromatic heterocycles. The largest absolute Gasteiger partial charge is 0.491 e. The van der Waals surface area contributed by atoms with Crippen molar-refractivity contribution in [2.45, 2.75) is 32.9 Å². The van der Waals surface area contributed by atoms with Crippen molar-refractivity contribution in [3.63, 3.8) is 0 Å². The van der Waals surface area contributed by atoms with E-state index >= 15 is 0 Å². The summed E-state index contributed by atoms with van der Waals surface area (Å²) < 4.78 is 38.3. The highest BCUT2D eigenvalue weighted by atomic mass is 32.2. The molecule has 11 heteroatoms. The average molecular weight is 499 g/mol. The number of hydrogen-bond acceptors (Lipinski definition) is 7. The third-order valence-corrected chi connectivity index (χ3v) is 7.18. The Morgan fingerprint density at radius 2 is 1.94 bits per heavy atom. The molecule has 1 aromatic rings. The second-order valence-corrected chi connectivity index (χ2v) is 11.1. The Balaban J connectivity index is 2.47. The highest BCUT2D eigenvalue weighted by molar-refractivity contribution is 7.92. The van der Waals surface area contributed by atoms with E-state index in [1.807, 2.05) is 32.8 Å². The molecule has 1 heterocycles. The maximum Gasteiger partial charge on any atom is 0.257 e. The third kappa shape index (κ3) is 7.31. The number of hydrogen-bond donors (Lipinski definition) is 1. The quantitative estimate of drug-likeness (QED) is 0.631. The van der Waals surface area contributed by atoms with Gasteiger partial charge in [0.2, 0.25) is 15.9 Å². The highest BCUT2D eigenvalue weighted by Gasteiger charge is 2.30. The number of rotatable bonds is 6. The number of methoxy groups -OCH3 is 1. The summed E-state index contributed by atoms with van der Waals surface area (Å²) in [4.78, 5) is 31.5. The maximum atomic E-state index is 13.3. The van der Waals surface area contributed by atoms with Crippen molar-refractivity contribution in [3.05, 3.63) is 23.8 Å². The normalized spacial score (nSPS) is 22.5. The summed E-state index contributed by atoms with van der Waals surface area (Å²) >= 11 is 0. The monoisotopic (exact) mass is 498 g/mol. The Morgan fingerprint density at radius 3 is 2.53 bits per heavy atom. The minimum atomic E-state index is -3.51. The number of amides is 2. The van der Waals surface area contributed by atoms with Crippen LogP contribution in [0.2, 0.25) is 0 Å². The first-order valence-electron chi connectivity index (χ1n) is 11.4. The summed E-state index contributed by atoms with van der Waals surface area (Å²) in [5, 5.41) is 0. The summed E-state index contributed by atoms with van der Waals surface area (Å²) in [6, 6.07) is 4.36. The molecule has 0 radical (unpaired) electrons. The Morgan fingerprint density at radius 1 is 1.26 bits per heavy atom. The van der Waals surface area contributed by atoms with Crippen LogP contribution in [0.25, 0.3) is 0 Å².